The molecule has 1 aromatic carbocycles. The number of benzene rings is 1. The quantitative estimate of drug-likeness (QED) is 0.852. The van der Waals surface area contributed by atoms with E-state index in [1.54, 1.807) is 11.0 Å². The molecule has 0 radical (unpaired) electrons. The first-order chi connectivity index (χ1) is 8.18. The van der Waals surface area contributed by atoms with E-state index in [-0.39, 0.29) is 11.5 Å². The molecule has 1 heterocycles. The molecule has 1 N–H and O–H groups in total. The van der Waals surface area contributed by atoms with Crippen LogP contribution in [0.5, 0.6) is 0 Å². The lowest BCUT2D eigenvalue weighted by molar-refractivity contribution is 0.0735. The summed E-state index contributed by atoms with van der Waals surface area (Å²) in [5.74, 6) is -0.172. The van der Waals surface area contributed by atoms with Gasteiger partial charge in [0, 0.05) is 37.3 Å². The van der Waals surface area contributed by atoms with Gasteiger partial charge in [0.2, 0.25) is 0 Å². The van der Waals surface area contributed by atoms with E-state index < -0.39 is 6.43 Å². The molecule has 1 amide bonds. The molecule has 0 aromatic heterocycles. The molecule has 1 aliphatic rings. The van der Waals surface area contributed by atoms with Gasteiger partial charge in [-0.2, -0.15) is 0 Å². The molecule has 92 valence electrons. The van der Waals surface area contributed by atoms with Crippen molar-refractivity contribution in [3.63, 3.8) is 0 Å². The predicted octanol–water partition coefficient (Wildman–Crippen LogP) is 1.67. The average molecular weight is 240 g/mol. The SMILES string of the molecule is O=C(c1cccc(C(F)F)c1)N1CCNCC1. The maximum Gasteiger partial charge on any atom is 0.263 e. The monoisotopic (exact) mass is 240 g/mol. The molecular weight excluding hydrogens is 226 g/mol. The molecule has 17 heavy (non-hydrogen) atoms. The molecule has 0 aliphatic carbocycles. The number of piperazine rings is 1. The highest BCUT2D eigenvalue weighted by molar-refractivity contribution is 5.94. The third-order valence-corrected chi connectivity index (χ3v) is 2.79. The van der Waals surface area contributed by atoms with Crippen LogP contribution in [0.25, 0.3) is 0 Å². The highest BCUT2D eigenvalue weighted by atomic mass is 19.3. The van der Waals surface area contributed by atoms with Crippen molar-refractivity contribution in [2.45, 2.75) is 6.43 Å². The molecule has 2 rings (SSSR count). The van der Waals surface area contributed by atoms with Gasteiger partial charge in [-0.05, 0) is 12.1 Å². The predicted molar refractivity (Wildman–Crippen MR) is 60.2 cm³/mol. The second kappa shape index (κ2) is 5.23. The fourth-order valence-corrected chi connectivity index (χ4v) is 1.86. The number of rotatable bonds is 2. The zero-order chi connectivity index (χ0) is 12.3. The third kappa shape index (κ3) is 2.79. The first-order valence-electron chi connectivity index (χ1n) is 5.56. The smallest absolute Gasteiger partial charge is 0.263 e. The highest BCUT2D eigenvalue weighted by Gasteiger charge is 2.19. The van der Waals surface area contributed by atoms with Crippen LogP contribution in [0.1, 0.15) is 22.3 Å². The van der Waals surface area contributed by atoms with Gasteiger partial charge in [0.25, 0.3) is 12.3 Å². The van der Waals surface area contributed by atoms with E-state index in [1.165, 1.54) is 18.2 Å². The second-order valence-electron chi connectivity index (χ2n) is 3.97. The van der Waals surface area contributed by atoms with Crippen LogP contribution >= 0.6 is 0 Å². The van der Waals surface area contributed by atoms with Crippen LogP contribution in [0.3, 0.4) is 0 Å². The first-order valence-corrected chi connectivity index (χ1v) is 5.56. The van der Waals surface area contributed by atoms with Crippen molar-refractivity contribution in [1.82, 2.24) is 10.2 Å². The number of nitrogens with zero attached hydrogens (tertiary/aromatic N) is 1. The summed E-state index contributed by atoms with van der Waals surface area (Å²) in [4.78, 5) is 13.7. The van der Waals surface area contributed by atoms with Crippen LogP contribution in [-0.4, -0.2) is 37.0 Å². The molecule has 0 spiro atoms. The van der Waals surface area contributed by atoms with Gasteiger partial charge in [0.1, 0.15) is 0 Å². The average Bonchev–Trinajstić information content (AvgIpc) is 2.39. The van der Waals surface area contributed by atoms with Gasteiger partial charge >= 0.3 is 0 Å². The lowest BCUT2D eigenvalue weighted by atomic mass is 10.1. The molecular formula is C12H14F2N2O. The van der Waals surface area contributed by atoms with Crippen molar-refractivity contribution in [2.75, 3.05) is 26.2 Å². The molecule has 1 fully saturated rings. The topological polar surface area (TPSA) is 32.3 Å². The standard InChI is InChI=1S/C12H14F2N2O/c13-11(14)9-2-1-3-10(8-9)12(17)16-6-4-15-5-7-16/h1-3,8,11,15H,4-7H2. The number of hydrogen-bond donors (Lipinski definition) is 1. The highest BCUT2D eigenvalue weighted by Crippen LogP contribution is 2.20. The summed E-state index contributed by atoms with van der Waals surface area (Å²) in [6, 6.07) is 5.68. The third-order valence-electron chi connectivity index (χ3n) is 2.79. The van der Waals surface area contributed by atoms with E-state index >= 15 is 0 Å². The summed E-state index contributed by atoms with van der Waals surface area (Å²) in [6.45, 7) is 2.75. The van der Waals surface area contributed by atoms with E-state index in [0.29, 0.717) is 18.7 Å². The molecule has 0 saturated carbocycles. The van der Waals surface area contributed by atoms with Gasteiger partial charge < -0.3 is 10.2 Å². The largest absolute Gasteiger partial charge is 0.336 e. The lowest BCUT2D eigenvalue weighted by Gasteiger charge is -2.27. The molecule has 1 aliphatic heterocycles. The number of alkyl halides is 2. The van der Waals surface area contributed by atoms with Gasteiger partial charge in [0.05, 0.1) is 0 Å². The fourth-order valence-electron chi connectivity index (χ4n) is 1.86. The van der Waals surface area contributed by atoms with Crippen LogP contribution < -0.4 is 5.32 Å². The van der Waals surface area contributed by atoms with Crippen molar-refractivity contribution < 1.29 is 13.6 Å². The Hall–Kier alpha value is -1.49. The van der Waals surface area contributed by atoms with Gasteiger partial charge in [-0.25, -0.2) is 8.78 Å². The van der Waals surface area contributed by atoms with Crippen LogP contribution in [0.2, 0.25) is 0 Å². The van der Waals surface area contributed by atoms with Gasteiger partial charge in [-0.1, -0.05) is 12.1 Å². The number of halogens is 2. The summed E-state index contributed by atoms with van der Waals surface area (Å²) >= 11 is 0. The maximum absolute atomic E-state index is 12.5. The minimum absolute atomic E-state index is 0.106. The van der Waals surface area contributed by atoms with E-state index in [4.69, 9.17) is 0 Å². The Morgan fingerprint density at radius 2 is 2.00 bits per heavy atom. The minimum Gasteiger partial charge on any atom is -0.336 e. The normalized spacial score (nSPS) is 16.3. The molecule has 1 saturated heterocycles. The Bertz CT molecular complexity index is 403. The van der Waals surface area contributed by atoms with Gasteiger partial charge in [-0.3, -0.25) is 4.79 Å². The lowest BCUT2D eigenvalue weighted by Crippen LogP contribution is -2.46. The Morgan fingerprint density at radius 1 is 1.29 bits per heavy atom. The Balaban J connectivity index is 2.15. The van der Waals surface area contributed by atoms with Crippen molar-refractivity contribution in [3.8, 4) is 0 Å². The summed E-state index contributed by atoms with van der Waals surface area (Å²) in [7, 11) is 0. The first kappa shape index (κ1) is 12.0. The number of carbonyl (C=O) groups is 1. The molecule has 3 nitrogen and oxygen atoms in total. The second-order valence-corrected chi connectivity index (χ2v) is 3.97. The Labute approximate surface area is 98.4 Å². The van der Waals surface area contributed by atoms with E-state index in [9.17, 15) is 13.6 Å². The van der Waals surface area contributed by atoms with Gasteiger partial charge in [-0.15, -0.1) is 0 Å². The van der Waals surface area contributed by atoms with Crippen LogP contribution in [0.4, 0.5) is 8.78 Å². The van der Waals surface area contributed by atoms with Crippen LogP contribution in [0, 0.1) is 0 Å². The summed E-state index contributed by atoms with van der Waals surface area (Å²) in [5, 5.41) is 3.14. The van der Waals surface area contributed by atoms with Crippen LogP contribution in [0.15, 0.2) is 24.3 Å². The molecule has 1 aromatic rings. The zero-order valence-corrected chi connectivity index (χ0v) is 9.33. The van der Waals surface area contributed by atoms with Crippen molar-refractivity contribution in [2.24, 2.45) is 0 Å². The minimum atomic E-state index is -2.54. The van der Waals surface area contributed by atoms with Crippen LogP contribution in [-0.2, 0) is 0 Å². The van der Waals surface area contributed by atoms with E-state index in [2.05, 4.69) is 5.32 Å². The number of carbonyl (C=O) groups excluding carboxylic acids is 1. The van der Waals surface area contributed by atoms with E-state index in [0.717, 1.165) is 13.1 Å². The summed E-state index contributed by atoms with van der Waals surface area (Å²) < 4.78 is 25.0. The Kier molecular flexibility index (Phi) is 3.68. The zero-order valence-electron chi connectivity index (χ0n) is 9.33. The summed E-state index contributed by atoms with van der Waals surface area (Å²) in [6.07, 6.45) is -2.54. The molecule has 0 unspecified atom stereocenters. The number of nitrogens with one attached hydrogen (secondary N) is 1. The fraction of sp³-hybridized carbons (Fsp3) is 0.417. The van der Waals surface area contributed by atoms with Crippen molar-refractivity contribution in [1.29, 1.82) is 0 Å². The van der Waals surface area contributed by atoms with Crippen molar-refractivity contribution in [3.05, 3.63) is 35.4 Å². The van der Waals surface area contributed by atoms with Gasteiger partial charge in [0.15, 0.2) is 0 Å². The molecule has 0 bridgehead atoms. The van der Waals surface area contributed by atoms with E-state index in [1.807, 2.05) is 0 Å². The summed E-state index contributed by atoms with van der Waals surface area (Å²) in [5.41, 5.74) is 0.232. The Morgan fingerprint density at radius 3 is 2.65 bits per heavy atom. The maximum atomic E-state index is 12.5. The number of hydrogen-bond acceptors (Lipinski definition) is 2. The molecule has 0 atom stereocenters. The number of amides is 1. The molecule has 5 heteroatoms. The van der Waals surface area contributed by atoms with Crippen molar-refractivity contribution >= 4 is 5.91 Å².